The van der Waals surface area contributed by atoms with Crippen molar-refractivity contribution in [2.45, 2.75) is 40.9 Å². The standard InChI is InChI=1S/C16H13.C13H15.2ClH.Zr/c1-12-10-14-8-5-9-15(16(14)11-12)13-6-3-2-4-7-13;1-9(2)12-6-4-5-11-7-10(3)8-13(11)12;;;/h2-11H,1H3;4-9H,1-3H3;2*1H;/q;;;;+2/p-2. The van der Waals surface area contributed by atoms with Crippen LogP contribution in [0.4, 0.5) is 0 Å². The Hall–Kier alpha value is -1.40. The third-order valence-electron chi connectivity index (χ3n) is 6.63. The van der Waals surface area contributed by atoms with Gasteiger partial charge < -0.3 is 24.8 Å². The summed E-state index contributed by atoms with van der Waals surface area (Å²) in [4.78, 5) is 0. The molecule has 0 aromatic heterocycles. The van der Waals surface area contributed by atoms with E-state index in [0.29, 0.717) is 13.2 Å². The molecule has 3 heteroatoms. The SMILES string of the molecule is CC1=Cc2c(-c3ccccc3)cccc2[CH]1[Zr+2][CH]1C(C)=Cc2c(C(C)C)cccc21.[Cl-].[Cl-]. The Bertz CT molecular complexity index is 1180. The van der Waals surface area contributed by atoms with Crippen LogP contribution >= 0.6 is 0 Å². The van der Waals surface area contributed by atoms with Crippen molar-refractivity contribution in [3.05, 3.63) is 106 Å². The maximum Gasteiger partial charge on any atom is -1.00 e. The number of rotatable bonds is 4. The van der Waals surface area contributed by atoms with Crippen LogP contribution in [0.3, 0.4) is 0 Å². The summed E-state index contributed by atoms with van der Waals surface area (Å²) in [6.45, 7) is 9.36. The fourth-order valence-electron chi connectivity index (χ4n) is 5.11. The van der Waals surface area contributed by atoms with E-state index in [1.165, 1.54) is 27.8 Å². The molecule has 0 bridgehead atoms. The van der Waals surface area contributed by atoms with E-state index in [4.69, 9.17) is 0 Å². The first-order chi connectivity index (χ1) is 14.5. The Labute approximate surface area is 216 Å². The van der Waals surface area contributed by atoms with Crippen LogP contribution < -0.4 is 24.8 Å². The van der Waals surface area contributed by atoms with Crippen molar-refractivity contribution in [3.63, 3.8) is 0 Å². The molecule has 0 saturated carbocycles. The van der Waals surface area contributed by atoms with Gasteiger partial charge in [-0.15, -0.1) is 0 Å². The van der Waals surface area contributed by atoms with Crippen molar-refractivity contribution in [1.29, 1.82) is 0 Å². The van der Waals surface area contributed by atoms with E-state index in [9.17, 15) is 0 Å². The van der Waals surface area contributed by atoms with Gasteiger partial charge in [-0.2, -0.15) is 0 Å². The number of halogens is 2. The first kappa shape index (κ1) is 25.2. The second-order valence-electron chi connectivity index (χ2n) is 8.99. The van der Waals surface area contributed by atoms with Gasteiger partial charge in [0, 0.05) is 0 Å². The molecule has 0 fully saturated rings. The molecule has 2 unspecified atom stereocenters. The average Bonchev–Trinajstić information content (AvgIpc) is 3.24. The van der Waals surface area contributed by atoms with Gasteiger partial charge in [-0.1, -0.05) is 0 Å². The molecule has 0 heterocycles. The third-order valence-corrected chi connectivity index (χ3v) is 12.0. The van der Waals surface area contributed by atoms with E-state index in [0.717, 1.165) is 0 Å². The Balaban J connectivity index is 0.00000144. The Morgan fingerprint density at radius 2 is 1.22 bits per heavy atom. The quantitative estimate of drug-likeness (QED) is 0.478. The summed E-state index contributed by atoms with van der Waals surface area (Å²) in [5, 5.41) is 0. The van der Waals surface area contributed by atoms with Gasteiger partial charge >= 0.3 is 193 Å². The molecule has 0 aliphatic heterocycles. The van der Waals surface area contributed by atoms with Crippen LogP contribution in [0.25, 0.3) is 23.3 Å². The van der Waals surface area contributed by atoms with Gasteiger partial charge in [0.25, 0.3) is 0 Å². The van der Waals surface area contributed by atoms with E-state index in [1.54, 1.807) is 22.3 Å². The van der Waals surface area contributed by atoms with E-state index in [-0.39, 0.29) is 24.8 Å². The minimum absolute atomic E-state index is 0. The zero-order chi connectivity index (χ0) is 20.8. The zero-order valence-corrected chi connectivity index (χ0v) is 23.0. The van der Waals surface area contributed by atoms with E-state index in [2.05, 4.69) is 107 Å². The molecule has 0 saturated heterocycles. The largest absolute Gasteiger partial charge is 1.00 e. The number of fused-ring (bicyclic) bond motifs is 2. The second-order valence-corrected chi connectivity index (χ2v) is 12.6. The van der Waals surface area contributed by atoms with Gasteiger partial charge in [-0.3, -0.25) is 0 Å². The Morgan fingerprint density at radius 3 is 1.84 bits per heavy atom. The molecule has 3 aromatic rings. The first-order valence-electron chi connectivity index (χ1n) is 11.0. The van der Waals surface area contributed by atoms with E-state index < -0.39 is 23.2 Å². The van der Waals surface area contributed by atoms with E-state index in [1.807, 2.05) is 0 Å². The van der Waals surface area contributed by atoms with Crippen LogP contribution in [0, 0.1) is 0 Å². The third kappa shape index (κ3) is 4.37. The molecule has 0 spiro atoms. The summed E-state index contributed by atoms with van der Waals surface area (Å²) in [7, 11) is 0. The van der Waals surface area contributed by atoms with Crippen LogP contribution in [-0.2, 0) is 23.2 Å². The first-order valence-corrected chi connectivity index (χ1v) is 13.8. The Morgan fingerprint density at radius 1 is 0.656 bits per heavy atom. The minimum atomic E-state index is -0.775. The molecule has 0 radical (unpaired) electrons. The van der Waals surface area contributed by atoms with Gasteiger partial charge in [-0.05, 0) is 0 Å². The molecule has 32 heavy (non-hydrogen) atoms. The average molecular weight is 539 g/mol. The van der Waals surface area contributed by atoms with Crippen molar-refractivity contribution in [1.82, 2.24) is 0 Å². The number of allylic oxidation sites excluding steroid dienone is 2. The van der Waals surface area contributed by atoms with Crippen LogP contribution in [-0.4, -0.2) is 0 Å². The van der Waals surface area contributed by atoms with Crippen molar-refractivity contribution >= 4 is 12.2 Å². The van der Waals surface area contributed by atoms with Gasteiger partial charge in [0.05, 0.1) is 0 Å². The molecule has 0 nitrogen and oxygen atoms in total. The zero-order valence-electron chi connectivity index (χ0n) is 19.0. The smallest absolute Gasteiger partial charge is 1.00 e. The second kappa shape index (κ2) is 10.3. The molecule has 3 aromatic carbocycles. The van der Waals surface area contributed by atoms with Gasteiger partial charge in [0.15, 0.2) is 0 Å². The summed E-state index contributed by atoms with van der Waals surface area (Å²) in [6, 6.07) is 24.8. The van der Waals surface area contributed by atoms with Crippen molar-refractivity contribution < 1.29 is 48.0 Å². The molecule has 0 amide bonds. The summed E-state index contributed by atoms with van der Waals surface area (Å²) in [5.74, 6) is 0.579. The number of benzene rings is 3. The molecule has 2 aliphatic rings. The Kier molecular flexibility index (Phi) is 8.08. The summed E-state index contributed by atoms with van der Waals surface area (Å²) < 4.78 is 1.34. The molecular formula is C29H28Cl2Zr. The van der Waals surface area contributed by atoms with Crippen LogP contribution in [0.15, 0.2) is 77.9 Å². The van der Waals surface area contributed by atoms with Gasteiger partial charge in [-0.25, -0.2) is 0 Å². The number of hydrogen-bond acceptors (Lipinski definition) is 0. The van der Waals surface area contributed by atoms with Crippen molar-refractivity contribution in [2.75, 3.05) is 0 Å². The van der Waals surface area contributed by atoms with Crippen LogP contribution in [0.1, 0.15) is 68.7 Å². The van der Waals surface area contributed by atoms with Gasteiger partial charge in [0.2, 0.25) is 0 Å². The molecule has 0 N–H and O–H groups in total. The monoisotopic (exact) mass is 536 g/mol. The molecule has 162 valence electrons. The molecule has 2 atom stereocenters. The minimum Gasteiger partial charge on any atom is -1.00 e. The summed E-state index contributed by atoms with van der Waals surface area (Å²) >= 11 is -0.775. The normalized spacial score (nSPS) is 18.0. The van der Waals surface area contributed by atoms with Crippen molar-refractivity contribution in [3.8, 4) is 11.1 Å². The van der Waals surface area contributed by atoms with Gasteiger partial charge in [0.1, 0.15) is 0 Å². The maximum absolute atomic E-state index is 2.49. The van der Waals surface area contributed by atoms with E-state index >= 15 is 0 Å². The molecule has 2 aliphatic carbocycles. The van der Waals surface area contributed by atoms with Crippen LogP contribution in [0.5, 0.6) is 0 Å². The fraction of sp³-hybridized carbons (Fsp3) is 0.241. The summed E-state index contributed by atoms with van der Waals surface area (Å²) in [5.41, 5.74) is 13.5. The predicted molar refractivity (Wildman–Crippen MR) is 125 cm³/mol. The number of hydrogen-bond donors (Lipinski definition) is 0. The van der Waals surface area contributed by atoms with Crippen LogP contribution in [0.2, 0.25) is 0 Å². The molecule has 5 rings (SSSR count). The fourth-order valence-corrected chi connectivity index (χ4v) is 9.75. The maximum atomic E-state index is 2.49. The topological polar surface area (TPSA) is 0 Å². The molecular weight excluding hydrogens is 510 g/mol. The summed E-state index contributed by atoms with van der Waals surface area (Å²) in [6.07, 6.45) is 4.97. The van der Waals surface area contributed by atoms with Crippen molar-refractivity contribution in [2.24, 2.45) is 0 Å². The predicted octanol–water partition coefficient (Wildman–Crippen LogP) is 2.18.